The molecule has 1 aromatic heterocycles. The van der Waals surface area contributed by atoms with E-state index in [1.165, 1.54) is 0 Å². The summed E-state index contributed by atoms with van der Waals surface area (Å²) < 4.78 is 0.813. The summed E-state index contributed by atoms with van der Waals surface area (Å²) in [6, 6.07) is 12.3. The van der Waals surface area contributed by atoms with Crippen molar-refractivity contribution in [2.45, 2.75) is 13.0 Å². The summed E-state index contributed by atoms with van der Waals surface area (Å²) in [7, 11) is 0. The summed E-state index contributed by atoms with van der Waals surface area (Å²) in [5.41, 5.74) is 1.27. The molecule has 1 aromatic carbocycles. The molecule has 0 aliphatic carbocycles. The number of carbonyl (C=O) groups excluding carboxylic acids is 2. The number of benzene rings is 1. The van der Waals surface area contributed by atoms with Crippen molar-refractivity contribution < 1.29 is 9.59 Å². The van der Waals surface area contributed by atoms with Crippen LogP contribution in [-0.4, -0.2) is 23.3 Å². The molecule has 0 saturated carbocycles. The predicted molar refractivity (Wildman–Crippen MR) is 87.3 cm³/mol. The van der Waals surface area contributed by atoms with Crippen LogP contribution in [-0.2, 0) is 4.79 Å². The van der Waals surface area contributed by atoms with E-state index in [4.69, 9.17) is 0 Å². The lowest BCUT2D eigenvalue weighted by molar-refractivity contribution is -0.120. The molecule has 6 heteroatoms. The van der Waals surface area contributed by atoms with Gasteiger partial charge in [0.1, 0.15) is 0 Å². The Morgan fingerprint density at radius 2 is 2.05 bits per heavy atom. The molecule has 0 bridgehead atoms. The molecule has 1 heterocycles. The van der Waals surface area contributed by atoms with Crippen LogP contribution in [0.2, 0.25) is 0 Å². The third-order valence-electron chi connectivity index (χ3n) is 3.01. The Morgan fingerprint density at radius 1 is 1.23 bits per heavy atom. The van der Waals surface area contributed by atoms with Gasteiger partial charge in [-0.25, -0.2) is 0 Å². The number of hydrogen-bond acceptors (Lipinski definition) is 3. The molecular weight excluding hydrogens is 346 g/mol. The Morgan fingerprint density at radius 3 is 2.73 bits per heavy atom. The second-order valence-corrected chi connectivity index (χ2v) is 5.65. The molecule has 0 aliphatic rings. The van der Waals surface area contributed by atoms with Gasteiger partial charge in [-0.05, 0) is 37.3 Å². The van der Waals surface area contributed by atoms with E-state index in [1.54, 1.807) is 24.4 Å². The van der Waals surface area contributed by atoms with Crippen molar-refractivity contribution in [3.8, 4) is 0 Å². The Kier molecular flexibility index (Phi) is 5.66. The molecule has 0 aliphatic heterocycles. The van der Waals surface area contributed by atoms with Crippen LogP contribution in [0.15, 0.2) is 53.1 Å². The highest BCUT2D eigenvalue weighted by atomic mass is 79.9. The van der Waals surface area contributed by atoms with Gasteiger partial charge in [0.05, 0.1) is 18.3 Å². The molecule has 2 amide bonds. The van der Waals surface area contributed by atoms with Crippen molar-refractivity contribution >= 4 is 27.7 Å². The standard InChI is InChI=1S/C16H16BrN3O2/c1-11(14-7-2-3-8-18-14)20-15(21)10-19-16(22)12-5-4-6-13(17)9-12/h2-9,11H,10H2,1H3,(H,19,22)(H,20,21). The maximum absolute atomic E-state index is 11.9. The second kappa shape index (κ2) is 7.70. The number of carbonyl (C=O) groups is 2. The van der Waals surface area contributed by atoms with Crippen molar-refractivity contribution in [3.05, 3.63) is 64.4 Å². The minimum Gasteiger partial charge on any atom is -0.346 e. The minimum atomic E-state index is -0.290. The van der Waals surface area contributed by atoms with Crippen LogP contribution >= 0.6 is 15.9 Å². The molecule has 0 radical (unpaired) electrons. The number of rotatable bonds is 5. The van der Waals surface area contributed by atoms with Crippen LogP contribution in [0.5, 0.6) is 0 Å². The zero-order valence-corrected chi connectivity index (χ0v) is 13.6. The number of amides is 2. The highest BCUT2D eigenvalue weighted by Gasteiger charge is 2.12. The van der Waals surface area contributed by atoms with Gasteiger partial charge in [0.15, 0.2) is 0 Å². The SMILES string of the molecule is CC(NC(=O)CNC(=O)c1cccc(Br)c1)c1ccccn1. The first-order valence-electron chi connectivity index (χ1n) is 6.80. The lowest BCUT2D eigenvalue weighted by Gasteiger charge is -2.13. The van der Waals surface area contributed by atoms with Gasteiger partial charge in [-0.2, -0.15) is 0 Å². The van der Waals surface area contributed by atoms with Crippen LogP contribution in [0.4, 0.5) is 0 Å². The highest BCUT2D eigenvalue weighted by Crippen LogP contribution is 2.11. The topological polar surface area (TPSA) is 71.1 Å². The Balaban J connectivity index is 1.84. The zero-order valence-electron chi connectivity index (χ0n) is 12.0. The molecule has 1 atom stereocenters. The van der Waals surface area contributed by atoms with Crippen LogP contribution in [0.25, 0.3) is 0 Å². The lowest BCUT2D eigenvalue weighted by Crippen LogP contribution is -2.38. The first-order chi connectivity index (χ1) is 10.6. The van der Waals surface area contributed by atoms with Gasteiger partial charge >= 0.3 is 0 Å². The number of aromatic nitrogens is 1. The summed E-state index contributed by atoms with van der Waals surface area (Å²) in [5.74, 6) is -0.552. The quantitative estimate of drug-likeness (QED) is 0.858. The van der Waals surface area contributed by atoms with E-state index in [9.17, 15) is 9.59 Å². The van der Waals surface area contributed by atoms with E-state index < -0.39 is 0 Å². The minimum absolute atomic E-state index is 0.0808. The van der Waals surface area contributed by atoms with Crippen molar-refractivity contribution in [2.75, 3.05) is 6.54 Å². The predicted octanol–water partition coefficient (Wildman–Crippen LogP) is 2.45. The van der Waals surface area contributed by atoms with Gasteiger partial charge in [-0.3, -0.25) is 14.6 Å². The molecule has 1 unspecified atom stereocenters. The van der Waals surface area contributed by atoms with Crippen molar-refractivity contribution in [3.63, 3.8) is 0 Å². The summed E-state index contributed by atoms with van der Waals surface area (Å²) >= 11 is 3.30. The first-order valence-corrected chi connectivity index (χ1v) is 7.59. The molecule has 2 N–H and O–H groups in total. The summed E-state index contributed by atoms with van der Waals surface area (Å²) in [6.45, 7) is 1.76. The fraction of sp³-hybridized carbons (Fsp3) is 0.188. The van der Waals surface area contributed by atoms with Gasteiger partial charge in [0.2, 0.25) is 5.91 Å². The van der Waals surface area contributed by atoms with E-state index >= 15 is 0 Å². The van der Waals surface area contributed by atoms with Crippen LogP contribution in [0, 0.1) is 0 Å². The fourth-order valence-electron chi connectivity index (χ4n) is 1.89. The molecule has 114 valence electrons. The third-order valence-corrected chi connectivity index (χ3v) is 3.50. The van der Waals surface area contributed by atoms with Crippen molar-refractivity contribution in [1.82, 2.24) is 15.6 Å². The van der Waals surface area contributed by atoms with Crippen LogP contribution < -0.4 is 10.6 Å². The third kappa shape index (κ3) is 4.66. The lowest BCUT2D eigenvalue weighted by atomic mass is 10.2. The number of halogens is 1. The first kappa shape index (κ1) is 16.2. The zero-order chi connectivity index (χ0) is 15.9. The highest BCUT2D eigenvalue weighted by molar-refractivity contribution is 9.10. The van der Waals surface area contributed by atoms with Gasteiger partial charge in [-0.1, -0.05) is 28.1 Å². The molecule has 0 spiro atoms. The summed E-state index contributed by atoms with van der Waals surface area (Å²) in [5, 5.41) is 5.38. The number of nitrogens with one attached hydrogen (secondary N) is 2. The molecule has 0 saturated heterocycles. The van der Waals surface area contributed by atoms with Crippen molar-refractivity contribution in [2.24, 2.45) is 0 Å². The Hall–Kier alpha value is -2.21. The Bertz CT molecular complexity index is 661. The van der Waals surface area contributed by atoms with E-state index in [0.29, 0.717) is 5.56 Å². The Labute approximate surface area is 137 Å². The van der Waals surface area contributed by atoms with Gasteiger partial charge < -0.3 is 10.6 Å². The number of pyridine rings is 1. The van der Waals surface area contributed by atoms with Gasteiger partial charge in [0, 0.05) is 16.2 Å². The average Bonchev–Trinajstić information content (AvgIpc) is 2.53. The second-order valence-electron chi connectivity index (χ2n) is 4.74. The molecule has 22 heavy (non-hydrogen) atoms. The normalized spacial score (nSPS) is 11.5. The van der Waals surface area contributed by atoms with Crippen molar-refractivity contribution in [1.29, 1.82) is 0 Å². The van der Waals surface area contributed by atoms with Gasteiger partial charge in [-0.15, -0.1) is 0 Å². The van der Waals surface area contributed by atoms with E-state index in [2.05, 4.69) is 31.5 Å². The van der Waals surface area contributed by atoms with Crippen LogP contribution in [0.3, 0.4) is 0 Å². The van der Waals surface area contributed by atoms with E-state index in [0.717, 1.165) is 10.2 Å². The molecule has 2 rings (SSSR count). The fourth-order valence-corrected chi connectivity index (χ4v) is 2.29. The molecule has 0 fully saturated rings. The average molecular weight is 362 g/mol. The maximum Gasteiger partial charge on any atom is 0.251 e. The summed E-state index contributed by atoms with van der Waals surface area (Å²) in [4.78, 5) is 28.0. The van der Waals surface area contributed by atoms with Gasteiger partial charge in [0.25, 0.3) is 5.91 Å². The largest absolute Gasteiger partial charge is 0.346 e. The number of nitrogens with zero attached hydrogens (tertiary/aromatic N) is 1. The number of hydrogen-bond donors (Lipinski definition) is 2. The monoisotopic (exact) mass is 361 g/mol. The smallest absolute Gasteiger partial charge is 0.251 e. The maximum atomic E-state index is 11.9. The molecule has 2 aromatic rings. The summed E-state index contributed by atoms with van der Waals surface area (Å²) in [6.07, 6.45) is 1.67. The van der Waals surface area contributed by atoms with E-state index in [1.807, 2.05) is 31.2 Å². The molecule has 5 nitrogen and oxygen atoms in total. The van der Waals surface area contributed by atoms with Crippen LogP contribution in [0.1, 0.15) is 29.0 Å². The van der Waals surface area contributed by atoms with E-state index in [-0.39, 0.29) is 24.4 Å². The molecular formula is C16H16BrN3O2.